The maximum Gasteiger partial charge on any atom is 0.251 e. The van der Waals surface area contributed by atoms with Gasteiger partial charge in [-0.05, 0) is 38.0 Å². The summed E-state index contributed by atoms with van der Waals surface area (Å²) in [6, 6.07) is 7.84. The quantitative estimate of drug-likeness (QED) is 0.761. The molecule has 0 unspecified atom stereocenters. The fourth-order valence-electron chi connectivity index (χ4n) is 3.31. The number of aromatic nitrogens is 4. The number of aryl methyl sites for hydroxylation is 1. The van der Waals surface area contributed by atoms with E-state index < -0.39 is 0 Å². The highest BCUT2D eigenvalue weighted by atomic mass is 16.1. The summed E-state index contributed by atoms with van der Waals surface area (Å²) in [5.74, 6) is 2.05. The lowest BCUT2D eigenvalue weighted by atomic mass is 9.93. The van der Waals surface area contributed by atoms with Gasteiger partial charge in [0.1, 0.15) is 17.3 Å². The standard InChI is InChI=1S/C17H19N5O/c1-11-19-14(10-16(23)20-11)12-5-8-22(9-6-12)15-3-2-13-4-7-18-17(13)21-15/h2-4,7,10,12H,5-6,8-9H2,1H3,(H,18,21)(H,19,20,23). The zero-order valence-corrected chi connectivity index (χ0v) is 13.0. The molecule has 4 rings (SSSR count). The normalized spacial score (nSPS) is 16.1. The summed E-state index contributed by atoms with van der Waals surface area (Å²) in [5, 5.41) is 1.13. The minimum absolute atomic E-state index is 0.0613. The van der Waals surface area contributed by atoms with E-state index in [-0.39, 0.29) is 5.56 Å². The van der Waals surface area contributed by atoms with Crippen LogP contribution < -0.4 is 10.5 Å². The Bertz CT molecular complexity index is 889. The Labute approximate surface area is 133 Å². The van der Waals surface area contributed by atoms with Crippen LogP contribution in [0.2, 0.25) is 0 Å². The van der Waals surface area contributed by atoms with Gasteiger partial charge in [0.05, 0.1) is 5.69 Å². The predicted octanol–water partition coefficient (Wildman–Crippen LogP) is 2.34. The Morgan fingerprint density at radius 1 is 1.17 bits per heavy atom. The van der Waals surface area contributed by atoms with E-state index in [1.54, 1.807) is 6.07 Å². The predicted molar refractivity (Wildman–Crippen MR) is 89.9 cm³/mol. The van der Waals surface area contributed by atoms with Crippen LogP contribution in [0, 0.1) is 6.92 Å². The molecule has 3 aromatic heterocycles. The number of pyridine rings is 1. The van der Waals surface area contributed by atoms with Crippen molar-refractivity contribution in [3.05, 3.63) is 52.3 Å². The molecule has 1 fully saturated rings. The van der Waals surface area contributed by atoms with E-state index in [0.717, 1.165) is 48.5 Å². The zero-order valence-electron chi connectivity index (χ0n) is 13.0. The first-order chi connectivity index (χ1) is 11.2. The molecule has 4 heterocycles. The fraction of sp³-hybridized carbons (Fsp3) is 0.353. The molecule has 0 radical (unpaired) electrons. The van der Waals surface area contributed by atoms with E-state index in [4.69, 9.17) is 0 Å². The average Bonchev–Trinajstić information content (AvgIpc) is 3.01. The molecular formula is C17H19N5O. The molecule has 0 amide bonds. The topological polar surface area (TPSA) is 77.7 Å². The lowest BCUT2D eigenvalue weighted by Crippen LogP contribution is -2.34. The molecule has 1 aliphatic rings. The van der Waals surface area contributed by atoms with Gasteiger partial charge in [0, 0.05) is 36.7 Å². The van der Waals surface area contributed by atoms with Crippen molar-refractivity contribution >= 4 is 16.9 Å². The lowest BCUT2D eigenvalue weighted by molar-refractivity contribution is 0.492. The number of H-pyrrole nitrogens is 2. The van der Waals surface area contributed by atoms with Gasteiger partial charge in [0.15, 0.2) is 0 Å². The second-order valence-electron chi connectivity index (χ2n) is 6.10. The van der Waals surface area contributed by atoms with Crippen LogP contribution in [-0.4, -0.2) is 33.0 Å². The third-order valence-electron chi connectivity index (χ3n) is 4.51. The fourth-order valence-corrected chi connectivity index (χ4v) is 3.31. The number of aromatic amines is 2. The molecular weight excluding hydrogens is 290 g/mol. The van der Waals surface area contributed by atoms with Crippen LogP contribution in [-0.2, 0) is 0 Å². The van der Waals surface area contributed by atoms with Gasteiger partial charge in [0.25, 0.3) is 5.56 Å². The smallest absolute Gasteiger partial charge is 0.251 e. The Hall–Kier alpha value is -2.63. The molecule has 0 aliphatic carbocycles. The summed E-state index contributed by atoms with van der Waals surface area (Å²) < 4.78 is 0. The van der Waals surface area contributed by atoms with Crippen molar-refractivity contribution in [1.82, 2.24) is 19.9 Å². The second-order valence-corrected chi connectivity index (χ2v) is 6.10. The van der Waals surface area contributed by atoms with Gasteiger partial charge in [-0.25, -0.2) is 9.97 Å². The van der Waals surface area contributed by atoms with Crippen molar-refractivity contribution in [1.29, 1.82) is 0 Å². The van der Waals surface area contributed by atoms with Gasteiger partial charge < -0.3 is 14.9 Å². The van der Waals surface area contributed by atoms with Crippen molar-refractivity contribution in [3.8, 4) is 0 Å². The largest absolute Gasteiger partial charge is 0.357 e. The highest BCUT2D eigenvalue weighted by molar-refractivity contribution is 5.77. The third kappa shape index (κ3) is 2.72. The molecule has 2 N–H and O–H groups in total. The maximum absolute atomic E-state index is 11.6. The molecule has 1 saturated heterocycles. The SMILES string of the molecule is Cc1nc(C2CCN(c3ccc4cc[nH]c4n3)CC2)cc(=O)[nH]1. The van der Waals surface area contributed by atoms with Crippen LogP contribution in [0.4, 0.5) is 5.82 Å². The number of fused-ring (bicyclic) bond motifs is 1. The van der Waals surface area contributed by atoms with Crippen molar-refractivity contribution in [2.75, 3.05) is 18.0 Å². The van der Waals surface area contributed by atoms with Crippen LogP contribution in [0.1, 0.15) is 30.3 Å². The summed E-state index contributed by atoms with van der Waals surface area (Å²) in [6.07, 6.45) is 3.88. The number of nitrogens with one attached hydrogen (secondary N) is 2. The van der Waals surface area contributed by atoms with Gasteiger partial charge in [-0.1, -0.05) is 0 Å². The third-order valence-corrected chi connectivity index (χ3v) is 4.51. The summed E-state index contributed by atoms with van der Waals surface area (Å²) in [7, 11) is 0. The Balaban J connectivity index is 1.51. The van der Waals surface area contributed by atoms with Gasteiger partial charge in [-0.3, -0.25) is 4.79 Å². The summed E-state index contributed by atoms with van der Waals surface area (Å²) >= 11 is 0. The minimum Gasteiger partial charge on any atom is -0.357 e. The molecule has 118 valence electrons. The minimum atomic E-state index is -0.0613. The van der Waals surface area contributed by atoms with Crippen LogP contribution in [0.15, 0.2) is 35.3 Å². The second kappa shape index (κ2) is 5.53. The van der Waals surface area contributed by atoms with Gasteiger partial charge >= 0.3 is 0 Å². The molecule has 0 atom stereocenters. The van der Waals surface area contributed by atoms with E-state index in [1.807, 2.05) is 19.2 Å². The van der Waals surface area contributed by atoms with Crippen molar-refractivity contribution in [3.63, 3.8) is 0 Å². The number of anilines is 1. The van der Waals surface area contributed by atoms with Crippen LogP contribution in [0.3, 0.4) is 0 Å². The van der Waals surface area contributed by atoms with Crippen LogP contribution in [0.5, 0.6) is 0 Å². The zero-order chi connectivity index (χ0) is 15.8. The highest BCUT2D eigenvalue weighted by Gasteiger charge is 2.23. The van der Waals surface area contributed by atoms with Crippen molar-refractivity contribution < 1.29 is 0 Å². The van der Waals surface area contributed by atoms with Crippen molar-refractivity contribution in [2.45, 2.75) is 25.7 Å². The van der Waals surface area contributed by atoms with Gasteiger partial charge in [-0.2, -0.15) is 0 Å². The number of hydrogen-bond acceptors (Lipinski definition) is 4. The molecule has 0 saturated carbocycles. The number of rotatable bonds is 2. The molecule has 6 heteroatoms. The van der Waals surface area contributed by atoms with E-state index in [9.17, 15) is 4.79 Å². The molecule has 0 bridgehead atoms. The molecule has 23 heavy (non-hydrogen) atoms. The molecule has 3 aromatic rings. The van der Waals surface area contributed by atoms with Crippen LogP contribution in [0.25, 0.3) is 11.0 Å². The summed E-state index contributed by atoms with van der Waals surface area (Å²) in [6.45, 7) is 3.68. The van der Waals surface area contributed by atoms with Gasteiger partial charge in [0.2, 0.25) is 0 Å². The number of piperidine rings is 1. The average molecular weight is 309 g/mol. The highest BCUT2D eigenvalue weighted by Crippen LogP contribution is 2.28. The molecule has 1 aliphatic heterocycles. The summed E-state index contributed by atoms with van der Waals surface area (Å²) in [5.41, 5.74) is 1.78. The number of nitrogens with zero attached hydrogens (tertiary/aromatic N) is 3. The molecule has 6 nitrogen and oxygen atoms in total. The Morgan fingerprint density at radius 2 is 2.00 bits per heavy atom. The van der Waals surface area contributed by atoms with Crippen LogP contribution >= 0.6 is 0 Å². The van der Waals surface area contributed by atoms with E-state index in [2.05, 4.69) is 37.0 Å². The summed E-state index contributed by atoms with van der Waals surface area (Å²) in [4.78, 5) is 29.0. The van der Waals surface area contributed by atoms with E-state index in [0.29, 0.717) is 11.7 Å². The first kappa shape index (κ1) is 14.0. The van der Waals surface area contributed by atoms with E-state index in [1.165, 1.54) is 0 Å². The number of hydrogen-bond donors (Lipinski definition) is 2. The Kier molecular flexibility index (Phi) is 3.37. The molecule has 0 spiro atoms. The van der Waals surface area contributed by atoms with Gasteiger partial charge in [-0.15, -0.1) is 0 Å². The monoisotopic (exact) mass is 309 g/mol. The van der Waals surface area contributed by atoms with E-state index >= 15 is 0 Å². The lowest BCUT2D eigenvalue weighted by Gasteiger charge is -2.32. The Morgan fingerprint density at radius 3 is 2.78 bits per heavy atom. The maximum atomic E-state index is 11.6. The first-order valence-corrected chi connectivity index (χ1v) is 7.96. The van der Waals surface area contributed by atoms with Crippen molar-refractivity contribution in [2.24, 2.45) is 0 Å². The first-order valence-electron chi connectivity index (χ1n) is 7.96. The molecule has 0 aromatic carbocycles.